The topological polar surface area (TPSA) is 186 Å². The number of para-hydroxylation sites is 1. The van der Waals surface area contributed by atoms with Crippen molar-refractivity contribution in [2.24, 2.45) is 5.92 Å². The summed E-state index contributed by atoms with van der Waals surface area (Å²) in [4.78, 5) is 62.8. The predicted octanol–water partition coefficient (Wildman–Crippen LogP) is 6.04. The molecule has 2 aromatic heterocycles. The van der Waals surface area contributed by atoms with Crippen molar-refractivity contribution in [3.63, 3.8) is 0 Å². The number of carbonyl (C=O) groups is 4. The van der Waals surface area contributed by atoms with Crippen LogP contribution in [-0.4, -0.2) is 83.7 Å². The highest BCUT2D eigenvalue weighted by Crippen LogP contribution is 2.46. The molecule has 4 aromatic rings. The Hall–Kier alpha value is -5.44. The van der Waals surface area contributed by atoms with Gasteiger partial charge < -0.3 is 29.4 Å². The number of carbonyl (C=O) groups excluding carboxylic acids is 4. The molecule has 3 saturated carbocycles. The maximum Gasteiger partial charge on any atom is 0.408 e. The Morgan fingerprint density at radius 3 is 2.47 bits per heavy atom. The zero-order chi connectivity index (χ0) is 40.7. The number of pyridine rings is 1. The Kier molecular flexibility index (Phi) is 10.6. The molecule has 59 heavy (non-hydrogen) atoms. The number of rotatable bonds is 8. The fraction of sp³-hybridized carbons (Fsp3) is 0.477. The van der Waals surface area contributed by atoms with Crippen LogP contribution in [0.25, 0.3) is 33.3 Å². The highest BCUT2D eigenvalue weighted by molar-refractivity contribution is 7.91. The second kappa shape index (κ2) is 16.0. The molecule has 310 valence electrons. The molecule has 9 rings (SSSR count). The summed E-state index contributed by atoms with van der Waals surface area (Å²) in [6.45, 7) is -0.0178. The number of sulfonamides is 1. The molecule has 2 aliphatic heterocycles. The van der Waals surface area contributed by atoms with Gasteiger partial charge in [0.25, 0.3) is 5.91 Å². The van der Waals surface area contributed by atoms with Gasteiger partial charge in [0.05, 0.1) is 17.5 Å². The minimum Gasteiger partial charge on any atom is -0.484 e. The molecule has 3 aliphatic carbocycles. The van der Waals surface area contributed by atoms with Crippen molar-refractivity contribution in [3.05, 3.63) is 72.8 Å². The molecule has 14 nitrogen and oxygen atoms in total. The third kappa shape index (κ3) is 8.13. The number of hydrogen-bond acceptors (Lipinski definition) is 10. The third-order valence-electron chi connectivity index (χ3n) is 12.4. The second-order valence-electron chi connectivity index (χ2n) is 16.7. The van der Waals surface area contributed by atoms with Gasteiger partial charge in [-0.05, 0) is 76.3 Å². The van der Waals surface area contributed by atoms with E-state index in [9.17, 15) is 27.6 Å². The number of nitrogens with zero attached hydrogens (tertiary/aromatic N) is 2. The van der Waals surface area contributed by atoms with E-state index in [1.54, 1.807) is 6.07 Å². The molecule has 5 atom stereocenters. The Balaban J connectivity index is 1.05. The number of amides is 4. The monoisotopic (exact) mass is 823 g/mol. The largest absolute Gasteiger partial charge is 0.484 e. The molecule has 1 saturated heterocycles. The number of fused-ring (bicyclic) bond motifs is 5. The van der Waals surface area contributed by atoms with Crippen molar-refractivity contribution in [1.82, 2.24) is 25.2 Å². The maximum absolute atomic E-state index is 14.7. The van der Waals surface area contributed by atoms with E-state index in [0.29, 0.717) is 60.2 Å². The average Bonchev–Trinajstić information content (AvgIpc) is 4.04. The first-order valence-corrected chi connectivity index (χ1v) is 22.5. The van der Waals surface area contributed by atoms with E-state index < -0.39 is 68.7 Å². The number of hydrogen-bond donors (Lipinski definition) is 3. The lowest BCUT2D eigenvalue weighted by Crippen LogP contribution is -2.58. The Morgan fingerprint density at radius 1 is 0.915 bits per heavy atom. The summed E-state index contributed by atoms with van der Waals surface area (Å²) < 4.78 is 46.9. The summed E-state index contributed by atoms with van der Waals surface area (Å²) in [7, 11) is -3.90. The van der Waals surface area contributed by atoms with Crippen LogP contribution in [0.3, 0.4) is 0 Å². The summed E-state index contributed by atoms with van der Waals surface area (Å²) in [5.74, 6) is -1.92. The molecule has 0 spiro atoms. The highest BCUT2D eigenvalue weighted by atomic mass is 32.2. The normalized spacial score (nSPS) is 27.2. The fourth-order valence-corrected chi connectivity index (χ4v) is 10.2. The van der Waals surface area contributed by atoms with Crippen molar-refractivity contribution in [1.29, 1.82) is 0 Å². The fourth-order valence-electron chi connectivity index (χ4n) is 8.86. The lowest BCUT2D eigenvalue weighted by Gasteiger charge is -2.30. The van der Waals surface area contributed by atoms with Crippen LogP contribution in [0.1, 0.15) is 83.5 Å². The van der Waals surface area contributed by atoms with Crippen molar-refractivity contribution in [2.45, 2.75) is 119 Å². The van der Waals surface area contributed by atoms with Crippen molar-refractivity contribution < 1.29 is 41.5 Å². The predicted molar refractivity (Wildman–Crippen MR) is 218 cm³/mol. The molecule has 5 aliphatic rings. The third-order valence-corrected chi connectivity index (χ3v) is 14.2. The molecule has 0 radical (unpaired) electrons. The van der Waals surface area contributed by atoms with Crippen LogP contribution in [0.5, 0.6) is 5.75 Å². The van der Waals surface area contributed by atoms with E-state index in [2.05, 4.69) is 15.4 Å². The standard InChI is InChI=1S/C44H49N5O9S/c50-40-35-23-30(56-37-24-34(27-13-5-4-6-14-27)45-38-32-18-11-12-20-36(32)58-39(37)38)26-49(35)41(51)33(46-43(53)57-29-16-9-10-17-29)19-8-3-1-2-7-15-28-25-44(28,47-40)42(52)48-59(54,55)31-21-22-31/h4-7,11-15,18,20,24,28-31,33,35H,1-3,8-10,16-17,19,21-23,25-26H2,(H,46,53)(H,47,50)(H,48,52)/b15-7-/t28-,30-,33+,35+,44-/m1/s1. The number of benzene rings is 2. The zero-order valence-corrected chi connectivity index (χ0v) is 33.6. The van der Waals surface area contributed by atoms with Gasteiger partial charge in [-0.2, -0.15) is 0 Å². The van der Waals surface area contributed by atoms with Crippen LogP contribution >= 0.6 is 0 Å². The number of ether oxygens (including phenoxy) is 2. The molecule has 15 heteroatoms. The van der Waals surface area contributed by atoms with Gasteiger partial charge in [-0.15, -0.1) is 0 Å². The van der Waals surface area contributed by atoms with Crippen LogP contribution in [0, 0.1) is 5.92 Å². The number of alkyl carbamates (subject to hydrolysis) is 1. The smallest absolute Gasteiger partial charge is 0.408 e. The quantitative estimate of drug-likeness (QED) is 0.177. The van der Waals surface area contributed by atoms with Gasteiger partial charge in [0.1, 0.15) is 40.9 Å². The van der Waals surface area contributed by atoms with Crippen molar-refractivity contribution in [3.8, 4) is 17.0 Å². The first-order valence-electron chi connectivity index (χ1n) is 20.9. The van der Waals surface area contributed by atoms with Crippen LogP contribution in [0.4, 0.5) is 4.79 Å². The van der Waals surface area contributed by atoms with Crippen LogP contribution < -0.4 is 20.1 Å². The van der Waals surface area contributed by atoms with Crippen molar-refractivity contribution in [2.75, 3.05) is 6.54 Å². The van der Waals surface area contributed by atoms with Crippen LogP contribution in [0.2, 0.25) is 0 Å². The van der Waals surface area contributed by atoms with E-state index in [0.717, 1.165) is 49.5 Å². The minimum atomic E-state index is -3.90. The van der Waals surface area contributed by atoms with Gasteiger partial charge >= 0.3 is 6.09 Å². The van der Waals surface area contributed by atoms with Crippen molar-refractivity contribution >= 4 is 55.9 Å². The number of furan rings is 1. The lowest BCUT2D eigenvalue weighted by atomic mass is 10.0. The van der Waals surface area contributed by atoms with Gasteiger partial charge in [-0.25, -0.2) is 18.2 Å². The van der Waals surface area contributed by atoms with Gasteiger partial charge in [0, 0.05) is 29.4 Å². The van der Waals surface area contributed by atoms with E-state index in [4.69, 9.17) is 18.9 Å². The van der Waals surface area contributed by atoms with Gasteiger partial charge in [-0.1, -0.05) is 67.5 Å². The number of nitrogens with one attached hydrogen (secondary N) is 3. The summed E-state index contributed by atoms with van der Waals surface area (Å²) in [5.41, 5.74) is 1.64. The molecule has 0 unspecified atom stereocenters. The molecule has 0 bridgehead atoms. The van der Waals surface area contributed by atoms with E-state index in [-0.39, 0.29) is 25.5 Å². The van der Waals surface area contributed by atoms with Gasteiger partial charge in [0.15, 0.2) is 11.3 Å². The van der Waals surface area contributed by atoms with Crippen LogP contribution in [-0.2, 0) is 29.1 Å². The Bertz CT molecular complexity index is 2410. The van der Waals surface area contributed by atoms with Crippen LogP contribution in [0.15, 0.2) is 77.2 Å². The Morgan fingerprint density at radius 2 is 1.68 bits per heavy atom. The Labute approximate surface area is 342 Å². The molecule has 4 amide bonds. The second-order valence-corrected chi connectivity index (χ2v) is 18.6. The first kappa shape index (κ1) is 39.0. The van der Waals surface area contributed by atoms with E-state index >= 15 is 0 Å². The molecule has 4 fully saturated rings. The summed E-state index contributed by atoms with van der Waals surface area (Å²) >= 11 is 0. The number of aromatic nitrogens is 1. The summed E-state index contributed by atoms with van der Waals surface area (Å²) in [6, 6.07) is 16.9. The molecular weight excluding hydrogens is 775 g/mol. The molecule has 4 heterocycles. The lowest BCUT2D eigenvalue weighted by molar-refractivity contribution is -0.141. The molecule has 3 N–H and O–H groups in total. The van der Waals surface area contributed by atoms with E-state index in [1.807, 2.05) is 66.7 Å². The highest BCUT2D eigenvalue weighted by Gasteiger charge is 2.62. The van der Waals surface area contributed by atoms with Gasteiger partial charge in [-0.3, -0.25) is 19.1 Å². The average molecular weight is 824 g/mol. The maximum atomic E-state index is 14.7. The zero-order valence-electron chi connectivity index (χ0n) is 32.8. The van der Waals surface area contributed by atoms with E-state index in [1.165, 1.54) is 4.90 Å². The summed E-state index contributed by atoms with van der Waals surface area (Å²) in [5, 5.41) is 5.93. The molecular formula is C44H49N5O9S. The molecule has 2 aromatic carbocycles. The summed E-state index contributed by atoms with van der Waals surface area (Å²) in [6.07, 6.45) is 10.1. The van der Waals surface area contributed by atoms with Gasteiger partial charge in [0.2, 0.25) is 21.8 Å². The minimum absolute atomic E-state index is 0.0178. The first-order chi connectivity index (χ1) is 28.6. The SMILES string of the molecule is O=C(N[C@H]1CCCCC/C=C\[C@@H]2C[C@@]2(C(=O)NS(=O)(=O)C2CC2)NC(=O)[C@@H]2C[C@@H](Oc3cc(-c4ccccc4)nc4c3oc3ccccc34)CN2C1=O)OC1CCCC1. The number of allylic oxidation sites excluding steroid dienone is 1.